The van der Waals surface area contributed by atoms with Crippen LogP contribution in [-0.2, 0) is 6.54 Å². The Morgan fingerprint density at radius 3 is 2.20 bits per heavy atom. The molecule has 0 atom stereocenters. The molecule has 2 heterocycles. The molecule has 0 amide bonds. The number of piperidine rings is 2. The summed E-state index contributed by atoms with van der Waals surface area (Å²) in [5.41, 5.74) is 1.42. The first-order valence-corrected chi connectivity index (χ1v) is 8.61. The normalized spacial score (nSPS) is 28.4. The van der Waals surface area contributed by atoms with Gasteiger partial charge >= 0.3 is 0 Å². The van der Waals surface area contributed by atoms with Gasteiger partial charge in [-0.15, -0.1) is 0 Å². The van der Waals surface area contributed by atoms with Crippen molar-refractivity contribution in [3.8, 4) is 0 Å². The summed E-state index contributed by atoms with van der Waals surface area (Å²) in [6, 6.07) is 9.33. The van der Waals surface area contributed by atoms with Gasteiger partial charge in [0.15, 0.2) is 0 Å². The first-order valence-electron chi connectivity index (χ1n) is 8.24. The van der Waals surface area contributed by atoms with Gasteiger partial charge in [-0.2, -0.15) is 0 Å². The van der Waals surface area contributed by atoms with Gasteiger partial charge in [-0.3, -0.25) is 0 Å². The van der Waals surface area contributed by atoms with Crippen molar-refractivity contribution in [2.75, 3.05) is 26.2 Å². The highest BCUT2D eigenvalue weighted by atomic mass is 35.5. The first-order chi connectivity index (χ1) is 9.81. The van der Waals surface area contributed by atoms with Gasteiger partial charge in [-0.1, -0.05) is 23.7 Å². The average Bonchev–Trinajstić information content (AvgIpc) is 2.51. The lowest BCUT2D eigenvalue weighted by atomic mass is 9.99. The number of halogens is 1. The molecule has 3 rings (SSSR count). The summed E-state index contributed by atoms with van der Waals surface area (Å²) in [4.78, 5) is 3.65. The lowest BCUT2D eigenvalue weighted by Gasteiger charge is -2.36. The van der Waals surface area contributed by atoms with E-state index in [2.05, 4.69) is 12.1 Å². The second kappa shape index (κ2) is 6.93. The molecule has 0 saturated carbocycles. The smallest absolute Gasteiger partial charge is 0.103 e. The molecule has 0 spiro atoms. The van der Waals surface area contributed by atoms with Crippen molar-refractivity contribution in [2.24, 2.45) is 0 Å². The fraction of sp³-hybridized carbons (Fsp3) is 0.647. The maximum atomic E-state index is 5.95. The van der Waals surface area contributed by atoms with Crippen LogP contribution in [0.15, 0.2) is 24.3 Å². The molecule has 2 N–H and O–H groups in total. The molecule has 0 aliphatic carbocycles. The Labute approximate surface area is 127 Å². The van der Waals surface area contributed by atoms with E-state index >= 15 is 0 Å². The fourth-order valence-electron chi connectivity index (χ4n) is 3.92. The van der Waals surface area contributed by atoms with Crippen LogP contribution in [0.3, 0.4) is 0 Å². The van der Waals surface area contributed by atoms with Crippen LogP contribution in [0.5, 0.6) is 0 Å². The van der Waals surface area contributed by atoms with Gasteiger partial charge in [0.25, 0.3) is 0 Å². The van der Waals surface area contributed by atoms with E-state index in [-0.39, 0.29) is 0 Å². The lowest BCUT2D eigenvalue weighted by molar-refractivity contribution is -0.965. The number of rotatable bonds is 3. The van der Waals surface area contributed by atoms with Crippen molar-refractivity contribution >= 4 is 11.6 Å². The van der Waals surface area contributed by atoms with E-state index in [1.807, 2.05) is 17.0 Å². The predicted octanol–water partition coefficient (Wildman–Crippen LogP) is 0.956. The van der Waals surface area contributed by atoms with Gasteiger partial charge in [0.2, 0.25) is 0 Å². The van der Waals surface area contributed by atoms with Crippen molar-refractivity contribution in [3.63, 3.8) is 0 Å². The molecular weight excluding hydrogens is 268 g/mol. The Hall–Kier alpha value is -0.570. The predicted molar refractivity (Wildman–Crippen MR) is 83.4 cm³/mol. The molecule has 0 unspecified atom stereocenters. The summed E-state index contributed by atoms with van der Waals surface area (Å²) >= 11 is 5.95. The van der Waals surface area contributed by atoms with Gasteiger partial charge in [0.1, 0.15) is 6.54 Å². The van der Waals surface area contributed by atoms with Gasteiger partial charge < -0.3 is 9.80 Å². The van der Waals surface area contributed by atoms with Crippen LogP contribution in [0.2, 0.25) is 5.02 Å². The van der Waals surface area contributed by atoms with Crippen molar-refractivity contribution in [2.45, 2.75) is 44.7 Å². The molecule has 0 aromatic heterocycles. The second-order valence-electron chi connectivity index (χ2n) is 6.55. The summed E-state index contributed by atoms with van der Waals surface area (Å²) in [6.07, 6.45) is 7.20. The zero-order chi connectivity index (χ0) is 13.8. The second-order valence-corrected chi connectivity index (χ2v) is 6.98. The summed E-state index contributed by atoms with van der Waals surface area (Å²) in [5.74, 6) is 0. The highest BCUT2D eigenvalue weighted by Crippen LogP contribution is 2.09. The Bertz CT molecular complexity index is 404. The van der Waals surface area contributed by atoms with Crippen LogP contribution in [0.1, 0.15) is 37.7 Å². The van der Waals surface area contributed by atoms with E-state index in [9.17, 15) is 0 Å². The quantitative estimate of drug-likeness (QED) is 0.822. The SMILES string of the molecule is Clc1ccc(C[NH+]2CCC([NH+]3CCCCC3)CC2)cc1. The van der Waals surface area contributed by atoms with Crippen LogP contribution in [0.4, 0.5) is 0 Å². The number of hydrogen-bond acceptors (Lipinski definition) is 0. The minimum absolute atomic E-state index is 0.844. The van der Waals surface area contributed by atoms with E-state index in [1.165, 1.54) is 70.4 Å². The van der Waals surface area contributed by atoms with Gasteiger partial charge in [-0.05, 0) is 31.4 Å². The topological polar surface area (TPSA) is 8.88 Å². The molecular formula is C17H27ClN2+2. The van der Waals surface area contributed by atoms with E-state index < -0.39 is 0 Å². The Balaban J connectivity index is 1.47. The third kappa shape index (κ3) is 3.75. The highest BCUT2D eigenvalue weighted by Gasteiger charge is 2.30. The van der Waals surface area contributed by atoms with Crippen molar-refractivity contribution in [3.05, 3.63) is 34.9 Å². The van der Waals surface area contributed by atoms with Crippen molar-refractivity contribution in [1.82, 2.24) is 0 Å². The summed E-state index contributed by atoms with van der Waals surface area (Å²) in [7, 11) is 0. The number of likely N-dealkylation sites (tertiary alicyclic amines) is 2. The third-order valence-electron chi connectivity index (χ3n) is 5.13. The van der Waals surface area contributed by atoms with Crippen LogP contribution < -0.4 is 9.80 Å². The minimum atomic E-state index is 0.844. The molecule has 2 fully saturated rings. The van der Waals surface area contributed by atoms with Crippen molar-refractivity contribution < 1.29 is 9.80 Å². The Morgan fingerprint density at radius 1 is 0.900 bits per heavy atom. The maximum absolute atomic E-state index is 5.95. The maximum Gasteiger partial charge on any atom is 0.103 e. The summed E-state index contributed by atoms with van der Waals surface area (Å²) < 4.78 is 0. The van der Waals surface area contributed by atoms with Gasteiger partial charge in [0, 0.05) is 23.4 Å². The first kappa shape index (κ1) is 14.4. The number of quaternary nitrogens is 2. The Kier molecular flexibility index (Phi) is 4.98. The molecule has 2 aliphatic rings. The highest BCUT2D eigenvalue weighted by molar-refractivity contribution is 6.30. The summed E-state index contributed by atoms with van der Waals surface area (Å²) in [5, 5.41) is 0.844. The average molecular weight is 295 g/mol. The van der Waals surface area contributed by atoms with Crippen molar-refractivity contribution in [1.29, 1.82) is 0 Å². The van der Waals surface area contributed by atoms with E-state index in [1.54, 1.807) is 4.90 Å². The van der Waals surface area contributed by atoms with E-state index in [4.69, 9.17) is 11.6 Å². The standard InChI is InChI=1S/C17H25ClN2/c18-16-6-4-15(5-7-16)14-19-12-8-17(9-13-19)20-10-2-1-3-11-20/h4-7,17H,1-3,8-14H2/p+2. The minimum Gasteiger partial charge on any atom is -0.332 e. The molecule has 2 saturated heterocycles. The molecule has 20 heavy (non-hydrogen) atoms. The molecule has 2 aliphatic heterocycles. The zero-order valence-electron chi connectivity index (χ0n) is 12.3. The largest absolute Gasteiger partial charge is 0.332 e. The van der Waals surface area contributed by atoms with Crippen LogP contribution in [-0.4, -0.2) is 32.2 Å². The summed E-state index contributed by atoms with van der Waals surface area (Å²) in [6.45, 7) is 6.71. The van der Waals surface area contributed by atoms with Gasteiger partial charge in [0.05, 0.1) is 32.2 Å². The number of hydrogen-bond donors (Lipinski definition) is 2. The number of benzene rings is 1. The third-order valence-corrected chi connectivity index (χ3v) is 5.39. The molecule has 0 bridgehead atoms. The van der Waals surface area contributed by atoms with Crippen LogP contribution in [0, 0.1) is 0 Å². The molecule has 1 aromatic rings. The molecule has 1 aromatic carbocycles. The molecule has 3 heteroatoms. The van der Waals surface area contributed by atoms with E-state index in [0.29, 0.717) is 0 Å². The van der Waals surface area contributed by atoms with E-state index in [0.717, 1.165) is 11.1 Å². The molecule has 110 valence electrons. The van der Waals surface area contributed by atoms with Gasteiger partial charge in [-0.25, -0.2) is 0 Å². The fourth-order valence-corrected chi connectivity index (χ4v) is 4.04. The Morgan fingerprint density at radius 2 is 1.55 bits per heavy atom. The van der Waals surface area contributed by atoms with Crippen LogP contribution >= 0.6 is 11.6 Å². The zero-order valence-corrected chi connectivity index (χ0v) is 13.1. The molecule has 0 radical (unpaired) electrons. The molecule has 2 nitrogen and oxygen atoms in total. The lowest BCUT2D eigenvalue weighted by Crippen LogP contribution is -3.20. The van der Waals surface area contributed by atoms with Crippen LogP contribution in [0.25, 0.3) is 0 Å². The monoisotopic (exact) mass is 294 g/mol. The number of nitrogens with one attached hydrogen (secondary N) is 2.